The van der Waals surface area contributed by atoms with Gasteiger partial charge in [-0.3, -0.25) is 9.69 Å². The topological polar surface area (TPSA) is 64.8 Å². The number of carbonyl (C=O) groups is 1. The lowest BCUT2D eigenvalue weighted by Gasteiger charge is -2.25. The van der Waals surface area contributed by atoms with Crippen LogP contribution in [-0.2, 0) is 20.8 Å². The third-order valence-corrected chi connectivity index (χ3v) is 3.21. The molecule has 0 radical (unpaired) electrons. The third-order valence-electron chi connectivity index (χ3n) is 2.71. The largest absolute Gasteiger partial charge is 0.369 e. The Morgan fingerprint density at radius 3 is 2.65 bits per heavy atom. The highest BCUT2D eigenvalue weighted by Gasteiger charge is 2.17. The lowest BCUT2D eigenvalue weighted by atomic mass is 10.2. The third kappa shape index (κ3) is 5.54. The van der Waals surface area contributed by atoms with Gasteiger partial charge in [0.1, 0.15) is 5.82 Å². The Kier molecular flexibility index (Phi) is 7.08. The number of ether oxygens (including phenoxy) is 2. The van der Waals surface area contributed by atoms with E-state index in [1.807, 2.05) is 0 Å². The Hall–Kier alpha value is -1.02. The van der Waals surface area contributed by atoms with Crippen molar-refractivity contribution in [2.75, 3.05) is 27.3 Å². The van der Waals surface area contributed by atoms with E-state index in [4.69, 9.17) is 15.2 Å². The molecule has 5 nitrogen and oxygen atoms in total. The lowest BCUT2D eigenvalue weighted by Crippen LogP contribution is -2.39. The molecular formula is C13H18BrFN2O3. The average Bonchev–Trinajstić information content (AvgIpc) is 2.39. The van der Waals surface area contributed by atoms with Crippen LogP contribution in [0.5, 0.6) is 0 Å². The lowest BCUT2D eigenvalue weighted by molar-refractivity contribution is -0.128. The zero-order chi connectivity index (χ0) is 15.1. The van der Waals surface area contributed by atoms with E-state index in [9.17, 15) is 9.18 Å². The normalized spacial score (nSPS) is 11.3. The van der Waals surface area contributed by atoms with Gasteiger partial charge in [-0.25, -0.2) is 4.39 Å². The number of rotatable bonds is 8. The number of amides is 1. The molecule has 0 fully saturated rings. The maximum Gasteiger partial charge on any atom is 0.231 e. The molecule has 0 aliphatic heterocycles. The minimum Gasteiger partial charge on any atom is -0.369 e. The summed E-state index contributed by atoms with van der Waals surface area (Å²) in [6, 6.07) is 4.65. The number of nitrogens with two attached hydrogens (primary N) is 1. The maximum atomic E-state index is 13.7. The molecule has 0 spiro atoms. The van der Waals surface area contributed by atoms with Crippen LogP contribution in [0.15, 0.2) is 22.7 Å². The van der Waals surface area contributed by atoms with Crippen molar-refractivity contribution < 1.29 is 18.7 Å². The maximum absolute atomic E-state index is 13.7. The van der Waals surface area contributed by atoms with Crippen LogP contribution in [0.1, 0.15) is 5.56 Å². The second kappa shape index (κ2) is 8.31. The fourth-order valence-corrected chi connectivity index (χ4v) is 2.18. The minimum absolute atomic E-state index is 0.00479. The SMILES string of the molecule is COC(CN(CC(N)=O)Cc1cc(Br)ccc1F)OC. The zero-order valence-electron chi connectivity index (χ0n) is 11.4. The fraction of sp³-hybridized carbons (Fsp3) is 0.462. The molecule has 1 amide bonds. The van der Waals surface area contributed by atoms with Crippen molar-refractivity contribution in [1.82, 2.24) is 4.90 Å². The van der Waals surface area contributed by atoms with E-state index in [1.165, 1.54) is 20.3 Å². The number of halogens is 2. The van der Waals surface area contributed by atoms with E-state index in [0.717, 1.165) is 4.47 Å². The molecule has 7 heteroatoms. The summed E-state index contributed by atoms with van der Waals surface area (Å²) in [6.45, 7) is 0.536. The van der Waals surface area contributed by atoms with Gasteiger partial charge in [0.15, 0.2) is 6.29 Å². The van der Waals surface area contributed by atoms with Crippen molar-refractivity contribution in [3.63, 3.8) is 0 Å². The monoisotopic (exact) mass is 348 g/mol. The van der Waals surface area contributed by atoms with Gasteiger partial charge in [0.05, 0.1) is 13.1 Å². The molecule has 1 aromatic carbocycles. The number of primary amides is 1. The second-order valence-electron chi connectivity index (χ2n) is 4.27. The molecule has 0 heterocycles. The Morgan fingerprint density at radius 1 is 1.45 bits per heavy atom. The van der Waals surface area contributed by atoms with Gasteiger partial charge < -0.3 is 15.2 Å². The number of methoxy groups -OCH3 is 2. The first-order valence-corrected chi connectivity index (χ1v) is 6.75. The predicted octanol–water partition coefficient (Wildman–Crippen LogP) is 1.49. The molecule has 0 bridgehead atoms. The molecule has 0 aromatic heterocycles. The van der Waals surface area contributed by atoms with Crippen LogP contribution in [0.3, 0.4) is 0 Å². The Labute approximate surface area is 126 Å². The molecule has 0 aliphatic carbocycles. The van der Waals surface area contributed by atoms with E-state index >= 15 is 0 Å². The first kappa shape index (κ1) is 17.0. The van der Waals surface area contributed by atoms with Crippen LogP contribution in [0.4, 0.5) is 4.39 Å². The first-order chi connectivity index (χ1) is 9.46. The highest BCUT2D eigenvalue weighted by atomic mass is 79.9. The van der Waals surface area contributed by atoms with Crippen molar-refractivity contribution in [2.45, 2.75) is 12.8 Å². The highest BCUT2D eigenvalue weighted by molar-refractivity contribution is 9.10. The molecule has 20 heavy (non-hydrogen) atoms. The molecule has 1 aromatic rings. The quantitative estimate of drug-likeness (QED) is 0.723. The van der Waals surface area contributed by atoms with Gasteiger partial charge in [-0.2, -0.15) is 0 Å². The van der Waals surface area contributed by atoms with Crippen LogP contribution < -0.4 is 5.73 Å². The molecule has 2 N–H and O–H groups in total. The van der Waals surface area contributed by atoms with Gasteiger partial charge in [-0.05, 0) is 18.2 Å². The molecule has 0 aliphatic rings. The van der Waals surface area contributed by atoms with Crippen molar-refractivity contribution in [1.29, 1.82) is 0 Å². The summed E-state index contributed by atoms with van der Waals surface area (Å²) in [6.07, 6.45) is -0.510. The van der Waals surface area contributed by atoms with Crippen LogP contribution in [0.25, 0.3) is 0 Å². The number of hydrogen-bond acceptors (Lipinski definition) is 4. The predicted molar refractivity (Wildman–Crippen MR) is 76.4 cm³/mol. The fourth-order valence-electron chi connectivity index (χ4n) is 1.77. The van der Waals surface area contributed by atoms with Gasteiger partial charge in [0, 0.05) is 30.8 Å². The van der Waals surface area contributed by atoms with Crippen LogP contribution in [-0.4, -0.2) is 44.4 Å². The van der Waals surface area contributed by atoms with Crippen molar-refractivity contribution in [2.24, 2.45) is 5.73 Å². The summed E-state index contributed by atoms with van der Waals surface area (Å²) < 4.78 is 24.7. The summed E-state index contributed by atoms with van der Waals surface area (Å²) in [5.74, 6) is -0.833. The summed E-state index contributed by atoms with van der Waals surface area (Å²) in [4.78, 5) is 12.8. The van der Waals surface area contributed by atoms with Gasteiger partial charge in [-0.1, -0.05) is 15.9 Å². The summed E-state index contributed by atoms with van der Waals surface area (Å²) in [5.41, 5.74) is 5.67. The van der Waals surface area contributed by atoms with Gasteiger partial charge in [-0.15, -0.1) is 0 Å². The minimum atomic E-state index is -0.510. The molecule has 112 valence electrons. The molecule has 1 rings (SSSR count). The van der Waals surface area contributed by atoms with E-state index in [0.29, 0.717) is 12.1 Å². The Bertz CT molecular complexity index is 455. The first-order valence-electron chi connectivity index (χ1n) is 5.96. The van der Waals surface area contributed by atoms with Crippen LogP contribution in [0.2, 0.25) is 0 Å². The molecule has 0 unspecified atom stereocenters. The van der Waals surface area contributed by atoms with Crippen molar-refractivity contribution in [3.05, 3.63) is 34.1 Å². The highest BCUT2D eigenvalue weighted by Crippen LogP contribution is 2.17. The summed E-state index contributed by atoms with van der Waals surface area (Å²) in [5, 5.41) is 0. The Morgan fingerprint density at radius 2 is 2.10 bits per heavy atom. The van der Waals surface area contributed by atoms with E-state index in [-0.39, 0.29) is 18.9 Å². The summed E-state index contributed by atoms with van der Waals surface area (Å²) >= 11 is 3.29. The van der Waals surface area contributed by atoms with Crippen LogP contribution in [0, 0.1) is 5.82 Å². The molecule has 0 saturated heterocycles. The number of benzene rings is 1. The van der Waals surface area contributed by atoms with Gasteiger partial charge in [0.2, 0.25) is 5.91 Å². The van der Waals surface area contributed by atoms with Crippen LogP contribution >= 0.6 is 15.9 Å². The molecular weight excluding hydrogens is 331 g/mol. The van der Waals surface area contributed by atoms with Gasteiger partial charge >= 0.3 is 0 Å². The molecule has 0 saturated carbocycles. The number of carbonyl (C=O) groups excluding carboxylic acids is 1. The second-order valence-corrected chi connectivity index (χ2v) is 5.19. The standard InChI is InChI=1S/C13H18BrFN2O3/c1-19-13(20-2)8-17(7-12(16)18)6-9-5-10(14)3-4-11(9)15/h3-5,13H,6-8H2,1-2H3,(H2,16,18). The van der Waals surface area contributed by atoms with E-state index < -0.39 is 12.2 Å². The number of nitrogens with zero attached hydrogens (tertiary/aromatic N) is 1. The smallest absolute Gasteiger partial charge is 0.231 e. The van der Waals surface area contributed by atoms with Gasteiger partial charge in [0.25, 0.3) is 0 Å². The Balaban J connectivity index is 2.82. The number of hydrogen-bond donors (Lipinski definition) is 1. The van der Waals surface area contributed by atoms with Crippen molar-refractivity contribution in [3.8, 4) is 0 Å². The van der Waals surface area contributed by atoms with E-state index in [2.05, 4.69) is 15.9 Å². The van der Waals surface area contributed by atoms with E-state index in [1.54, 1.807) is 17.0 Å². The van der Waals surface area contributed by atoms with Crippen molar-refractivity contribution >= 4 is 21.8 Å². The average molecular weight is 349 g/mol. The molecule has 0 atom stereocenters. The zero-order valence-corrected chi connectivity index (χ0v) is 13.0. The summed E-state index contributed by atoms with van der Waals surface area (Å²) in [7, 11) is 2.99.